The van der Waals surface area contributed by atoms with Gasteiger partial charge in [0.25, 0.3) is 0 Å². The van der Waals surface area contributed by atoms with Gasteiger partial charge in [-0.05, 0) is 39.3 Å². The van der Waals surface area contributed by atoms with Gasteiger partial charge >= 0.3 is 14.1 Å². The number of para-hydroxylation sites is 1. The van der Waals surface area contributed by atoms with Gasteiger partial charge in [0.05, 0.1) is 23.9 Å². The molecule has 3 heterocycles. The summed E-state index contributed by atoms with van der Waals surface area (Å²) < 4.78 is 24.7. The molecule has 0 radical (unpaired) electrons. The Morgan fingerprint density at radius 2 is 2.05 bits per heavy atom. The quantitative estimate of drug-likeness (QED) is 0.152. The molecule has 1 aliphatic heterocycles. The third-order valence-electron chi connectivity index (χ3n) is 5.55. The van der Waals surface area contributed by atoms with Gasteiger partial charge in [-0.1, -0.05) is 23.3 Å². The molecule has 0 aliphatic carbocycles. The molecule has 1 aliphatic rings. The number of benzene rings is 1. The molecule has 0 amide bonds. The van der Waals surface area contributed by atoms with E-state index in [0.29, 0.717) is 29.2 Å². The van der Waals surface area contributed by atoms with Crippen LogP contribution in [0.25, 0.3) is 11.2 Å². The van der Waals surface area contributed by atoms with Crippen molar-refractivity contribution in [3.63, 3.8) is 0 Å². The van der Waals surface area contributed by atoms with Gasteiger partial charge < -0.3 is 20.5 Å². The molecule has 206 valence electrons. The second-order valence-corrected chi connectivity index (χ2v) is 11.3. The molecule has 1 fully saturated rings. The number of alkyl halides is 1. The van der Waals surface area contributed by atoms with Gasteiger partial charge in [0.15, 0.2) is 29.0 Å². The number of rotatable bonds is 11. The van der Waals surface area contributed by atoms with Crippen molar-refractivity contribution in [2.75, 3.05) is 24.7 Å². The molecule has 4 rings (SSSR count). The smallest absolute Gasteiger partial charge is 0.462 e. The minimum atomic E-state index is -3.79. The highest BCUT2D eigenvalue weighted by atomic mass is 35.5. The summed E-state index contributed by atoms with van der Waals surface area (Å²) >= 11 is 6.65. The number of imidazole rings is 1. The van der Waals surface area contributed by atoms with Crippen LogP contribution in [0, 0.1) is 0 Å². The molecule has 0 saturated carbocycles. The van der Waals surface area contributed by atoms with Crippen molar-refractivity contribution in [2.24, 2.45) is 0 Å². The standard InChI is InChI=1S/C23H32ClN7O6P/c1-13(2)35-22(32)14(3)30-38(33,37-15-8-6-5-7-9-15)34-11-16-10-17(24)21(36-16)31-12-27-18-19(26-4)28-23(25)29-20(18)31/h5-9,12-14,16-17,21,30,33H,10-11H2,1-4H3,(H3,25,26,28,29)/q+1. The van der Waals surface area contributed by atoms with Gasteiger partial charge in [-0.25, -0.2) is 4.98 Å². The van der Waals surface area contributed by atoms with Crippen LogP contribution in [0.15, 0.2) is 36.7 Å². The zero-order chi connectivity index (χ0) is 27.4. The number of hydrogen-bond acceptors (Lipinski definition) is 12. The van der Waals surface area contributed by atoms with Crippen molar-refractivity contribution in [3.8, 4) is 5.75 Å². The largest absolute Gasteiger partial charge is 0.544 e. The molecule has 0 spiro atoms. The number of nitrogen functional groups attached to an aromatic ring is 1. The monoisotopic (exact) mass is 568 g/mol. The lowest BCUT2D eigenvalue weighted by atomic mass is 10.2. The first-order valence-electron chi connectivity index (χ1n) is 12.0. The Hall–Kier alpha value is -2.80. The Kier molecular flexibility index (Phi) is 8.86. The van der Waals surface area contributed by atoms with Crippen LogP contribution in [0.1, 0.15) is 33.4 Å². The predicted octanol–water partition coefficient (Wildman–Crippen LogP) is 3.04. The second-order valence-electron chi connectivity index (χ2n) is 8.96. The molecule has 2 aromatic heterocycles. The summed E-state index contributed by atoms with van der Waals surface area (Å²) in [6.45, 7) is 4.97. The van der Waals surface area contributed by atoms with Crippen molar-refractivity contribution in [1.29, 1.82) is 0 Å². The van der Waals surface area contributed by atoms with Crippen molar-refractivity contribution in [2.45, 2.75) is 57.0 Å². The van der Waals surface area contributed by atoms with E-state index < -0.39 is 37.8 Å². The Morgan fingerprint density at radius 1 is 1.32 bits per heavy atom. The van der Waals surface area contributed by atoms with Crippen molar-refractivity contribution < 1.29 is 28.2 Å². The molecule has 0 bridgehead atoms. The SMILES string of the molecule is CNc1nc(N)nc2c1ncn2C1OC(CO[P+](O)(NC(C)C(=O)OC(C)C)Oc2ccccc2)CC1Cl. The summed E-state index contributed by atoms with van der Waals surface area (Å²) in [6.07, 6.45) is 0.524. The normalized spacial score (nSPS) is 21.8. The van der Waals surface area contributed by atoms with Gasteiger partial charge in [-0.15, -0.1) is 11.6 Å². The van der Waals surface area contributed by atoms with Gasteiger partial charge in [-0.3, -0.25) is 13.9 Å². The number of carbonyl (C=O) groups excluding carboxylic acids is 1. The van der Waals surface area contributed by atoms with Crippen LogP contribution >= 0.6 is 19.7 Å². The third-order valence-corrected chi connectivity index (χ3v) is 7.61. The topological polar surface area (TPSA) is 168 Å². The molecular formula is C23H32ClN7O6P+. The molecule has 5 unspecified atom stereocenters. The summed E-state index contributed by atoms with van der Waals surface area (Å²) in [5.41, 5.74) is 6.85. The number of nitrogens with zero attached hydrogens (tertiary/aromatic N) is 4. The van der Waals surface area contributed by atoms with Crippen LogP contribution in [0.5, 0.6) is 5.75 Å². The molecule has 1 saturated heterocycles. The lowest BCUT2D eigenvalue weighted by Gasteiger charge is -2.22. The van der Waals surface area contributed by atoms with E-state index in [1.807, 2.05) is 6.07 Å². The molecular weight excluding hydrogens is 537 g/mol. The molecule has 5 atom stereocenters. The van der Waals surface area contributed by atoms with E-state index in [9.17, 15) is 9.69 Å². The summed E-state index contributed by atoms with van der Waals surface area (Å²) in [7, 11) is -2.08. The highest BCUT2D eigenvalue weighted by molar-refractivity contribution is 7.58. The van der Waals surface area contributed by atoms with Crippen LogP contribution in [0.4, 0.5) is 11.8 Å². The van der Waals surface area contributed by atoms with E-state index >= 15 is 0 Å². The summed E-state index contributed by atoms with van der Waals surface area (Å²) in [6, 6.07) is 7.75. The number of nitrogens with one attached hydrogen (secondary N) is 2. The number of nitrogens with two attached hydrogens (primary N) is 1. The van der Waals surface area contributed by atoms with Crippen LogP contribution in [-0.4, -0.2) is 67.7 Å². The van der Waals surface area contributed by atoms with E-state index in [2.05, 4.69) is 25.4 Å². The van der Waals surface area contributed by atoms with E-state index in [0.717, 1.165) is 0 Å². The van der Waals surface area contributed by atoms with Gasteiger partial charge in [-0.2, -0.15) is 19.4 Å². The third kappa shape index (κ3) is 6.60. The van der Waals surface area contributed by atoms with Crippen LogP contribution in [0.3, 0.4) is 0 Å². The summed E-state index contributed by atoms with van der Waals surface area (Å²) in [5.74, 6) is 0.380. The van der Waals surface area contributed by atoms with Crippen molar-refractivity contribution in [1.82, 2.24) is 24.6 Å². The first-order chi connectivity index (χ1) is 18.1. The minimum absolute atomic E-state index is 0.0682. The maximum atomic E-state index is 12.4. The number of anilines is 2. The number of aromatic nitrogens is 4. The number of fused-ring (bicyclic) bond motifs is 1. The molecule has 15 heteroatoms. The minimum Gasteiger partial charge on any atom is -0.462 e. The Balaban J connectivity index is 1.48. The van der Waals surface area contributed by atoms with E-state index in [1.54, 1.807) is 63.0 Å². The Morgan fingerprint density at radius 3 is 2.74 bits per heavy atom. The summed E-state index contributed by atoms with van der Waals surface area (Å²) in [5, 5.41) is 5.26. The van der Waals surface area contributed by atoms with Crippen LogP contribution in [-0.2, 0) is 18.8 Å². The molecule has 13 nitrogen and oxygen atoms in total. The van der Waals surface area contributed by atoms with E-state index in [1.165, 1.54) is 0 Å². The van der Waals surface area contributed by atoms with Gasteiger partial charge in [0.2, 0.25) is 5.95 Å². The van der Waals surface area contributed by atoms with E-state index in [4.69, 9.17) is 35.9 Å². The highest BCUT2D eigenvalue weighted by Crippen LogP contribution is 2.53. The summed E-state index contributed by atoms with van der Waals surface area (Å²) in [4.78, 5) is 36.5. The lowest BCUT2D eigenvalue weighted by Crippen LogP contribution is -2.39. The lowest BCUT2D eigenvalue weighted by molar-refractivity contribution is -0.149. The average molecular weight is 569 g/mol. The fraction of sp³-hybridized carbons (Fsp3) is 0.478. The predicted molar refractivity (Wildman–Crippen MR) is 143 cm³/mol. The second kappa shape index (κ2) is 11.9. The highest BCUT2D eigenvalue weighted by Gasteiger charge is 2.49. The molecule has 5 N–H and O–H groups in total. The fourth-order valence-corrected chi connectivity index (χ4v) is 5.81. The zero-order valence-corrected chi connectivity index (χ0v) is 23.1. The Labute approximate surface area is 225 Å². The maximum absolute atomic E-state index is 12.4. The molecule has 38 heavy (non-hydrogen) atoms. The number of ether oxygens (including phenoxy) is 2. The number of hydrogen-bond donors (Lipinski definition) is 4. The van der Waals surface area contributed by atoms with Crippen LogP contribution < -0.4 is 20.7 Å². The number of carbonyl (C=O) groups is 1. The maximum Gasteiger partial charge on any atom is 0.544 e. The van der Waals surface area contributed by atoms with Crippen LogP contribution in [0.2, 0.25) is 0 Å². The first kappa shape index (κ1) is 28.2. The van der Waals surface area contributed by atoms with E-state index in [-0.39, 0.29) is 18.7 Å². The number of esters is 1. The fourth-order valence-electron chi connectivity index (χ4n) is 3.88. The van der Waals surface area contributed by atoms with Crippen molar-refractivity contribution in [3.05, 3.63) is 36.7 Å². The van der Waals surface area contributed by atoms with Gasteiger partial charge in [0.1, 0.15) is 12.6 Å². The zero-order valence-electron chi connectivity index (χ0n) is 21.4. The van der Waals surface area contributed by atoms with Gasteiger partial charge in [0, 0.05) is 7.05 Å². The average Bonchev–Trinajstić information content (AvgIpc) is 3.45. The number of halogens is 1. The first-order valence-corrected chi connectivity index (χ1v) is 14.1. The Bertz CT molecular complexity index is 1250. The van der Waals surface area contributed by atoms with Crippen molar-refractivity contribution >= 4 is 48.6 Å². The molecule has 1 aromatic carbocycles. The molecule has 3 aromatic rings.